The second-order valence-electron chi connectivity index (χ2n) is 8.17. The Morgan fingerprint density at radius 1 is 1.05 bits per heavy atom. The van der Waals surface area contributed by atoms with Crippen molar-refractivity contribution in [1.29, 1.82) is 0 Å². The first-order valence-electron chi connectivity index (χ1n) is 9.72. The van der Waals surface area contributed by atoms with Crippen LogP contribution in [0.4, 0.5) is 0 Å². The fourth-order valence-corrected chi connectivity index (χ4v) is 4.82. The van der Waals surface area contributed by atoms with Crippen LogP contribution in [-0.2, 0) is 0 Å². The van der Waals surface area contributed by atoms with E-state index in [0.29, 0.717) is 5.54 Å². The molecule has 3 aliphatic rings. The number of piperazine rings is 1. The van der Waals surface area contributed by atoms with Crippen molar-refractivity contribution in [1.82, 2.24) is 10.2 Å². The predicted octanol–water partition coefficient (Wildman–Crippen LogP) is 4.20. The maximum absolute atomic E-state index is 3.98. The molecule has 122 valence electrons. The Bertz CT molecular complexity index is 320. The zero-order valence-corrected chi connectivity index (χ0v) is 14.4. The minimum Gasteiger partial charge on any atom is -0.311 e. The molecule has 2 aliphatic carbocycles. The first kappa shape index (κ1) is 15.8. The van der Waals surface area contributed by atoms with Crippen molar-refractivity contribution in [3.8, 4) is 0 Å². The molecule has 0 radical (unpaired) electrons. The molecular weight excluding hydrogens is 256 g/mol. The minimum atomic E-state index is 0.457. The highest BCUT2D eigenvalue weighted by molar-refractivity contribution is 5.05. The molecule has 0 bridgehead atoms. The second-order valence-corrected chi connectivity index (χ2v) is 8.17. The van der Waals surface area contributed by atoms with E-state index in [2.05, 4.69) is 24.1 Å². The van der Waals surface area contributed by atoms with Gasteiger partial charge in [0.05, 0.1) is 0 Å². The third-order valence-electron chi connectivity index (χ3n) is 6.57. The van der Waals surface area contributed by atoms with Crippen LogP contribution < -0.4 is 5.32 Å². The van der Waals surface area contributed by atoms with Gasteiger partial charge in [-0.15, -0.1) is 0 Å². The van der Waals surface area contributed by atoms with E-state index in [4.69, 9.17) is 0 Å². The summed E-state index contributed by atoms with van der Waals surface area (Å²) in [6, 6.07) is 0.777. The van der Waals surface area contributed by atoms with E-state index < -0.39 is 0 Å². The Labute approximate surface area is 132 Å². The summed E-state index contributed by atoms with van der Waals surface area (Å²) < 4.78 is 0. The van der Waals surface area contributed by atoms with E-state index in [1.807, 2.05) is 0 Å². The highest BCUT2D eigenvalue weighted by Crippen LogP contribution is 2.44. The van der Waals surface area contributed by atoms with Crippen LogP contribution >= 0.6 is 0 Å². The molecule has 2 heteroatoms. The van der Waals surface area contributed by atoms with Gasteiger partial charge in [-0.25, -0.2) is 0 Å². The van der Waals surface area contributed by atoms with Gasteiger partial charge >= 0.3 is 0 Å². The Kier molecular flexibility index (Phi) is 5.27. The van der Waals surface area contributed by atoms with E-state index >= 15 is 0 Å². The Morgan fingerprint density at radius 2 is 1.81 bits per heavy atom. The number of nitrogens with zero attached hydrogens (tertiary/aromatic N) is 1. The molecule has 1 saturated heterocycles. The van der Waals surface area contributed by atoms with E-state index in [-0.39, 0.29) is 0 Å². The molecule has 2 nitrogen and oxygen atoms in total. The average molecular weight is 293 g/mol. The van der Waals surface area contributed by atoms with Crippen LogP contribution in [0.5, 0.6) is 0 Å². The highest BCUT2D eigenvalue weighted by atomic mass is 15.3. The Hall–Kier alpha value is -0.0800. The van der Waals surface area contributed by atoms with E-state index in [9.17, 15) is 0 Å². The van der Waals surface area contributed by atoms with Gasteiger partial charge in [-0.05, 0) is 57.4 Å². The van der Waals surface area contributed by atoms with Gasteiger partial charge in [0.15, 0.2) is 0 Å². The summed E-state index contributed by atoms with van der Waals surface area (Å²) in [5.74, 6) is 1.93. The van der Waals surface area contributed by atoms with E-state index in [1.54, 1.807) is 0 Å². The number of nitrogens with one attached hydrogen (secondary N) is 1. The zero-order valence-electron chi connectivity index (χ0n) is 14.4. The first-order chi connectivity index (χ1) is 10.2. The van der Waals surface area contributed by atoms with Gasteiger partial charge in [0.25, 0.3) is 0 Å². The van der Waals surface area contributed by atoms with Gasteiger partial charge in [0.2, 0.25) is 0 Å². The molecule has 0 spiro atoms. The normalized spacial score (nSPS) is 36.0. The van der Waals surface area contributed by atoms with Crippen LogP contribution in [-0.4, -0.2) is 36.1 Å². The van der Waals surface area contributed by atoms with Crippen LogP contribution in [0.25, 0.3) is 0 Å². The van der Waals surface area contributed by atoms with Crippen molar-refractivity contribution >= 4 is 0 Å². The van der Waals surface area contributed by atoms with Gasteiger partial charge in [0, 0.05) is 24.7 Å². The molecule has 0 aromatic rings. The molecule has 0 aromatic heterocycles. The lowest BCUT2D eigenvalue weighted by molar-refractivity contribution is 0.0163. The fraction of sp³-hybridized carbons (Fsp3) is 1.00. The monoisotopic (exact) mass is 292 g/mol. The number of hydrogen-bond acceptors (Lipinski definition) is 2. The van der Waals surface area contributed by atoms with Crippen molar-refractivity contribution in [3.05, 3.63) is 0 Å². The summed E-state index contributed by atoms with van der Waals surface area (Å²) in [5, 5.41) is 3.98. The summed E-state index contributed by atoms with van der Waals surface area (Å²) in [5.41, 5.74) is 0.457. The second kappa shape index (κ2) is 7.00. The largest absolute Gasteiger partial charge is 0.311 e. The van der Waals surface area contributed by atoms with Crippen LogP contribution in [0.2, 0.25) is 0 Å². The Balaban J connectivity index is 1.61. The summed E-state index contributed by atoms with van der Waals surface area (Å²) in [4.78, 5) is 2.90. The standard InChI is InChI=1S/C19H36N2/c1-3-4-8-13-21-14-18(16-9-6-5-7-10-16)20-15-19(21,2)17-11-12-17/h16-18,20H,3-15H2,1-2H3. The fourth-order valence-electron chi connectivity index (χ4n) is 4.82. The molecule has 1 aliphatic heterocycles. The lowest BCUT2D eigenvalue weighted by Gasteiger charge is -2.51. The quantitative estimate of drug-likeness (QED) is 0.738. The Morgan fingerprint density at radius 3 is 2.48 bits per heavy atom. The van der Waals surface area contributed by atoms with Crippen molar-refractivity contribution in [3.63, 3.8) is 0 Å². The van der Waals surface area contributed by atoms with Crippen molar-refractivity contribution in [2.24, 2.45) is 11.8 Å². The van der Waals surface area contributed by atoms with E-state index in [0.717, 1.165) is 17.9 Å². The lowest BCUT2D eigenvalue weighted by atomic mass is 9.80. The molecule has 3 fully saturated rings. The van der Waals surface area contributed by atoms with Crippen molar-refractivity contribution < 1.29 is 0 Å². The van der Waals surface area contributed by atoms with Gasteiger partial charge in [0.1, 0.15) is 0 Å². The SMILES string of the molecule is CCCCCN1CC(C2CCCCC2)NCC1(C)C1CC1. The molecule has 2 atom stereocenters. The molecule has 1 heterocycles. The van der Waals surface area contributed by atoms with Crippen molar-refractivity contribution in [2.45, 2.75) is 89.6 Å². The van der Waals surface area contributed by atoms with Crippen LogP contribution in [0.1, 0.15) is 78.1 Å². The molecule has 2 saturated carbocycles. The number of hydrogen-bond donors (Lipinski definition) is 1. The summed E-state index contributed by atoms with van der Waals surface area (Å²) in [7, 11) is 0. The van der Waals surface area contributed by atoms with Crippen LogP contribution in [0, 0.1) is 11.8 Å². The maximum Gasteiger partial charge on any atom is 0.0334 e. The smallest absolute Gasteiger partial charge is 0.0334 e. The number of unbranched alkanes of at least 4 members (excludes halogenated alkanes) is 2. The average Bonchev–Trinajstić information content (AvgIpc) is 3.35. The van der Waals surface area contributed by atoms with Crippen molar-refractivity contribution in [2.75, 3.05) is 19.6 Å². The molecule has 2 unspecified atom stereocenters. The number of rotatable bonds is 6. The maximum atomic E-state index is 3.98. The zero-order chi connectivity index (χ0) is 14.7. The molecule has 21 heavy (non-hydrogen) atoms. The van der Waals surface area contributed by atoms with Crippen LogP contribution in [0.15, 0.2) is 0 Å². The van der Waals surface area contributed by atoms with E-state index in [1.165, 1.54) is 83.8 Å². The van der Waals surface area contributed by atoms with Gasteiger partial charge in [-0.2, -0.15) is 0 Å². The van der Waals surface area contributed by atoms with Gasteiger partial charge in [-0.1, -0.05) is 39.0 Å². The summed E-state index contributed by atoms with van der Waals surface area (Å²) in [6.07, 6.45) is 14.4. The molecular formula is C19H36N2. The summed E-state index contributed by atoms with van der Waals surface area (Å²) in [6.45, 7) is 8.77. The van der Waals surface area contributed by atoms with Gasteiger partial charge in [-0.3, -0.25) is 4.90 Å². The first-order valence-corrected chi connectivity index (χ1v) is 9.72. The van der Waals surface area contributed by atoms with Crippen LogP contribution in [0.3, 0.4) is 0 Å². The molecule has 1 N–H and O–H groups in total. The molecule has 0 amide bonds. The molecule has 0 aromatic carbocycles. The third kappa shape index (κ3) is 3.64. The predicted molar refractivity (Wildman–Crippen MR) is 90.6 cm³/mol. The third-order valence-corrected chi connectivity index (χ3v) is 6.57. The minimum absolute atomic E-state index is 0.457. The molecule has 3 rings (SSSR count). The highest BCUT2D eigenvalue weighted by Gasteiger charge is 2.48. The lowest BCUT2D eigenvalue weighted by Crippen LogP contribution is -2.66. The van der Waals surface area contributed by atoms with Gasteiger partial charge < -0.3 is 5.32 Å². The topological polar surface area (TPSA) is 15.3 Å². The summed E-state index contributed by atoms with van der Waals surface area (Å²) >= 11 is 0.